The Balaban J connectivity index is -0.000000320. The van der Waals surface area contributed by atoms with Crippen molar-refractivity contribution in [3.05, 3.63) is 14.4 Å². The van der Waals surface area contributed by atoms with Gasteiger partial charge in [-0.2, -0.15) is 6.42 Å². The molecule has 0 aromatic heterocycles. The summed E-state index contributed by atoms with van der Waals surface area (Å²) in [4.78, 5) is 0. The molecule has 0 aliphatic carbocycles. The first-order valence-electron chi connectivity index (χ1n) is 4.21. The third kappa shape index (κ3) is 18.1. The van der Waals surface area contributed by atoms with E-state index >= 15 is 0 Å². The first-order chi connectivity index (χ1) is 4.41. The third-order valence-electron chi connectivity index (χ3n) is 1.60. The summed E-state index contributed by atoms with van der Waals surface area (Å²) in [6.07, 6.45) is 9.45. The van der Waals surface area contributed by atoms with E-state index in [1.54, 1.807) is 0 Å². The van der Waals surface area contributed by atoms with Crippen LogP contribution in [0.25, 0.3) is 0 Å². The fourth-order valence-corrected chi connectivity index (χ4v) is 0.957. The van der Waals surface area contributed by atoms with Crippen LogP contribution in [0.5, 0.6) is 0 Å². The molecule has 0 saturated carbocycles. The number of unbranched alkanes of at least 4 members (excludes halogenated alkanes) is 6. The van der Waals surface area contributed by atoms with Crippen LogP contribution in [-0.4, -0.2) is 23.1 Å². The molecule has 0 aliphatic heterocycles. The molecule has 0 saturated heterocycles. The van der Waals surface area contributed by atoms with Gasteiger partial charge >= 0.3 is 23.1 Å². The zero-order chi connectivity index (χ0) is 6.95. The van der Waals surface area contributed by atoms with Crippen molar-refractivity contribution in [1.29, 1.82) is 0 Å². The maximum absolute atomic E-state index is 3.80. The van der Waals surface area contributed by atoms with Crippen LogP contribution in [0.15, 0.2) is 0 Å². The molecule has 0 N–H and O–H groups in total. The van der Waals surface area contributed by atoms with E-state index < -0.39 is 0 Å². The van der Waals surface area contributed by atoms with E-state index in [0.717, 1.165) is 6.42 Å². The molecule has 0 aliphatic rings. The minimum absolute atomic E-state index is 0. The molecule has 0 fully saturated rings. The maximum Gasteiger partial charge on any atom is 2.00 e. The molecule has 0 heterocycles. The van der Waals surface area contributed by atoms with E-state index in [-0.39, 0.29) is 30.5 Å². The molecule has 0 radical (unpaired) electrons. The number of hydrogen-bond acceptors (Lipinski definition) is 0. The van der Waals surface area contributed by atoms with E-state index in [4.69, 9.17) is 0 Å². The van der Waals surface area contributed by atoms with Crippen LogP contribution in [0.2, 0.25) is 0 Å². The van der Waals surface area contributed by atoms with Crippen molar-refractivity contribution in [2.45, 2.75) is 51.9 Å². The smallest absolute Gasteiger partial charge is 0.358 e. The summed E-state index contributed by atoms with van der Waals surface area (Å²) in [5, 5.41) is 0. The Bertz CT molecular complexity index is 38.1. The van der Waals surface area contributed by atoms with E-state index in [0.29, 0.717) is 0 Å². The van der Waals surface area contributed by atoms with Gasteiger partial charge in [-0.1, -0.05) is 45.4 Å². The summed E-state index contributed by atoms with van der Waals surface area (Å²) >= 11 is 0. The fourth-order valence-electron chi connectivity index (χ4n) is 0.957. The molecule has 0 nitrogen and oxygen atoms in total. The molecular weight excluding hydrogens is 144 g/mol. The van der Waals surface area contributed by atoms with Gasteiger partial charge in [-0.25, -0.2) is 0 Å². The van der Waals surface area contributed by atoms with Gasteiger partial charge in [-0.05, 0) is 0 Å². The summed E-state index contributed by atoms with van der Waals surface area (Å²) in [7, 11) is 0. The standard InChI is InChI=1S/C9H19.CH3.Mg/c1-3-5-7-9-8-6-4-2;;/h1,3-9H2,2H3;1H3;/q2*-1;+2. The first kappa shape index (κ1) is 17.7. The second-order valence-electron chi connectivity index (χ2n) is 2.62. The van der Waals surface area contributed by atoms with Gasteiger partial charge in [0.25, 0.3) is 0 Å². The van der Waals surface area contributed by atoms with Gasteiger partial charge in [-0.15, -0.1) is 0 Å². The van der Waals surface area contributed by atoms with Gasteiger partial charge in [0.2, 0.25) is 0 Å². The van der Waals surface area contributed by atoms with Crippen molar-refractivity contribution in [3.63, 3.8) is 0 Å². The molecule has 64 valence electrons. The van der Waals surface area contributed by atoms with E-state index in [1.807, 2.05) is 0 Å². The SMILES string of the molecule is [CH2-]CCCCCCCC.[CH3-].[Mg+2]. The molecule has 0 atom stereocenters. The van der Waals surface area contributed by atoms with E-state index in [9.17, 15) is 0 Å². The quantitative estimate of drug-likeness (QED) is 0.321. The number of hydrogen-bond donors (Lipinski definition) is 0. The normalized spacial score (nSPS) is 8.18. The Morgan fingerprint density at radius 1 is 0.909 bits per heavy atom. The summed E-state index contributed by atoms with van der Waals surface area (Å²) < 4.78 is 0. The van der Waals surface area contributed by atoms with Gasteiger partial charge in [-0.3, -0.25) is 0 Å². The second-order valence-corrected chi connectivity index (χ2v) is 2.62. The van der Waals surface area contributed by atoms with Crippen molar-refractivity contribution in [3.8, 4) is 0 Å². The molecule has 1 heteroatoms. The Morgan fingerprint density at radius 3 is 1.82 bits per heavy atom. The maximum atomic E-state index is 3.80. The molecule has 0 aromatic rings. The molecule has 0 spiro atoms. The van der Waals surface area contributed by atoms with E-state index in [1.165, 1.54) is 38.5 Å². The molecule has 11 heavy (non-hydrogen) atoms. The van der Waals surface area contributed by atoms with Crippen LogP contribution in [0.4, 0.5) is 0 Å². The molecule has 0 rings (SSSR count). The van der Waals surface area contributed by atoms with Crippen molar-refractivity contribution in [2.24, 2.45) is 0 Å². The zero-order valence-corrected chi connectivity index (χ0v) is 9.78. The van der Waals surface area contributed by atoms with Gasteiger partial charge < -0.3 is 14.4 Å². The van der Waals surface area contributed by atoms with E-state index in [2.05, 4.69) is 13.8 Å². The van der Waals surface area contributed by atoms with Gasteiger partial charge in [0.15, 0.2) is 0 Å². The summed E-state index contributed by atoms with van der Waals surface area (Å²) in [5.41, 5.74) is 0. The summed E-state index contributed by atoms with van der Waals surface area (Å²) in [6, 6.07) is 0. The van der Waals surface area contributed by atoms with Gasteiger partial charge in [0.1, 0.15) is 0 Å². The molecule has 0 amide bonds. The second kappa shape index (κ2) is 17.0. The Kier molecular flexibility index (Phi) is 27.5. The van der Waals surface area contributed by atoms with Crippen molar-refractivity contribution < 1.29 is 0 Å². The van der Waals surface area contributed by atoms with Crippen LogP contribution >= 0.6 is 0 Å². The van der Waals surface area contributed by atoms with Crippen molar-refractivity contribution in [1.82, 2.24) is 0 Å². The van der Waals surface area contributed by atoms with Crippen molar-refractivity contribution in [2.75, 3.05) is 0 Å². The van der Waals surface area contributed by atoms with Gasteiger partial charge in [0.05, 0.1) is 0 Å². The Hall–Kier alpha value is 0.766. The largest absolute Gasteiger partial charge is 2.00 e. The van der Waals surface area contributed by atoms with Crippen LogP contribution in [0.3, 0.4) is 0 Å². The predicted molar refractivity (Wildman–Crippen MR) is 55.5 cm³/mol. The molecule has 0 unspecified atom stereocenters. The topological polar surface area (TPSA) is 0 Å². The summed E-state index contributed by atoms with van der Waals surface area (Å²) in [6.45, 7) is 6.05. The average molecular weight is 167 g/mol. The van der Waals surface area contributed by atoms with Crippen molar-refractivity contribution >= 4 is 23.1 Å². The first-order valence-corrected chi connectivity index (χ1v) is 4.21. The fraction of sp³-hybridized carbons (Fsp3) is 0.800. The zero-order valence-electron chi connectivity index (χ0n) is 8.36. The summed E-state index contributed by atoms with van der Waals surface area (Å²) in [5.74, 6) is 0. The Morgan fingerprint density at radius 2 is 1.36 bits per heavy atom. The Labute approximate surface area is 89.3 Å². The molecule has 0 aromatic carbocycles. The molecular formula is C10H22Mg. The third-order valence-corrected chi connectivity index (χ3v) is 1.60. The van der Waals surface area contributed by atoms with Crippen LogP contribution in [-0.2, 0) is 0 Å². The molecule has 0 bridgehead atoms. The predicted octanol–water partition coefficient (Wildman–Crippen LogP) is 3.64. The van der Waals surface area contributed by atoms with Crippen LogP contribution < -0.4 is 0 Å². The van der Waals surface area contributed by atoms with Crippen LogP contribution in [0, 0.1) is 14.4 Å². The monoisotopic (exact) mass is 166 g/mol. The van der Waals surface area contributed by atoms with Crippen LogP contribution in [0.1, 0.15) is 51.9 Å². The van der Waals surface area contributed by atoms with Gasteiger partial charge in [0, 0.05) is 0 Å². The minimum atomic E-state index is 0. The minimum Gasteiger partial charge on any atom is -0.358 e. The number of rotatable bonds is 6. The average Bonchev–Trinajstić information content (AvgIpc) is 1.89.